The van der Waals surface area contributed by atoms with Gasteiger partial charge in [0, 0.05) is 47.7 Å². The Bertz CT molecular complexity index is 2640. The van der Waals surface area contributed by atoms with Crippen molar-refractivity contribution >= 4 is 61.1 Å². The maximum atomic E-state index is 15.0. The van der Waals surface area contributed by atoms with Gasteiger partial charge >= 0.3 is 0 Å². The van der Waals surface area contributed by atoms with Crippen LogP contribution in [-0.4, -0.2) is 79.4 Å². The van der Waals surface area contributed by atoms with Crippen molar-refractivity contribution < 1.29 is 52.9 Å². The van der Waals surface area contributed by atoms with Gasteiger partial charge in [0.05, 0.1) is 61.3 Å². The van der Waals surface area contributed by atoms with Gasteiger partial charge in [0.2, 0.25) is 11.7 Å². The summed E-state index contributed by atoms with van der Waals surface area (Å²) in [6.45, 7) is 3.07. The topological polar surface area (TPSA) is 165 Å². The molecule has 22 heteroatoms. The molecule has 0 radical (unpaired) electrons. The van der Waals surface area contributed by atoms with Crippen LogP contribution in [0.2, 0.25) is 5.02 Å². The average molecular weight is 976 g/mol. The van der Waals surface area contributed by atoms with Gasteiger partial charge < -0.3 is 15.2 Å². The maximum absolute atomic E-state index is 15.0. The number of fused-ring (bicyclic) bond motifs is 1. The Balaban J connectivity index is 1.36. The maximum Gasteiger partial charge on any atom is 0.287 e. The highest BCUT2D eigenvalue weighted by Crippen LogP contribution is 2.46. The number of amides is 1. The number of hydrogen-bond acceptors (Lipinski definition) is 9. The summed E-state index contributed by atoms with van der Waals surface area (Å²) in [5.41, 5.74) is -2.44. The molecule has 0 saturated heterocycles. The molecule has 352 valence electrons. The van der Waals surface area contributed by atoms with Crippen molar-refractivity contribution in [3.05, 3.63) is 87.3 Å². The van der Waals surface area contributed by atoms with Crippen LogP contribution in [0.5, 0.6) is 0 Å². The van der Waals surface area contributed by atoms with Crippen molar-refractivity contribution in [3.63, 3.8) is 0 Å². The van der Waals surface area contributed by atoms with E-state index in [1.807, 2.05) is 0 Å². The zero-order chi connectivity index (χ0) is 47.4. The first-order valence-electron chi connectivity index (χ1n) is 20.8. The van der Waals surface area contributed by atoms with Crippen LogP contribution in [0.1, 0.15) is 88.7 Å². The molecule has 3 aliphatic rings. The smallest absolute Gasteiger partial charge is 0.287 e. The summed E-state index contributed by atoms with van der Waals surface area (Å²) in [5.74, 6) is -6.73. The van der Waals surface area contributed by atoms with Gasteiger partial charge in [-0.3, -0.25) is 19.9 Å². The third-order valence-corrected chi connectivity index (χ3v) is 17.2. The molecule has 2 heterocycles. The summed E-state index contributed by atoms with van der Waals surface area (Å²) in [4.78, 5) is 18.8. The number of anilines is 1. The van der Waals surface area contributed by atoms with Crippen molar-refractivity contribution in [2.45, 2.75) is 125 Å². The summed E-state index contributed by atoms with van der Waals surface area (Å²) in [6, 6.07) is 7.18. The Morgan fingerprint density at radius 3 is 2.32 bits per heavy atom. The molecule has 7 rings (SSSR count). The fourth-order valence-electron chi connectivity index (χ4n) is 7.94. The molecule has 4 aromatic rings. The summed E-state index contributed by atoms with van der Waals surface area (Å²) >= 11 is 5.02. The number of pyridine rings is 1. The van der Waals surface area contributed by atoms with E-state index in [1.54, 1.807) is 26.8 Å². The second kappa shape index (κ2) is 18.3. The van der Waals surface area contributed by atoms with Crippen molar-refractivity contribution in [2.75, 3.05) is 11.3 Å². The molecule has 1 amide bonds. The number of nitrogens with one attached hydrogen (secondary N) is 4. The zero-order valence-corrected chi connectivity index (χ0v) is 37.7. The van der Waals surface area contributed by atoms with Gasteiger partial charge in [-0.1, -0.05) is 23.7 Å². The predicted octanol–water partition coefficient (Wildman–Crippen LogP) is 9.17. The highest BCUT2D eigenvalue weighted by atomic mass is 35.5. The van der Waals surface area contributed by atoms with E-state index in [0.29, 0.717) is 37.4 Å². The number of carbonyl (C=O) groups is 1. The van der Waals surface area contributed by atoms with Crippen molar-refractivity contribution in [1.29, 1.82) is 5.41 Å². The Kier molecular flexibility index (Phi) is 13.7. The van der Waals surface area contributed by atoms with E-state index in [4.69, 9.17) is 22.0 Å². The highest BCUT2D eigenvalue weighted by molar-refractivity contribution is 7.94. The summed E-state index contributed by atoms with van der Waals surface area (Å²) in [7, 11) is -3.55. The number of aryl methyl sites for hydroxylation is 1. The molecule has 2 atom stereocenters. The Morgan fingerprint density at radius 2 is 1.71 bits per heavy atom. The number of carbonyl (C=O) groups excluding carboxylic acids is 1. The molecule has 0 aliphatic heterocycles. The van der Waals surface area contributed by atoms with E-state index in [9.17, 15) is 52.9 Å². The minimum atomic E-state index is -3.68. The van der Waals surface area contributed by atoms with Crippen LogP contribution >= 0.6 is 11.6 Å². The fourth-order valence-corrected chi connectivity index (χ4v) is 11.3. The van der Waals surface area contributed by atoms with Crippen LogP contribution < -0.4 is 15.4 Å². The van der Waals surface area contributed by atoms with Crippen molar-refractivity contribution in [3.8, 4) is 11.1 Å². The number of benzene rings is 2. The number of rotatable bonds is 20. The lowest BCUT2D eigenvalue weighted by Gasteiger charge is -2.26. The van der Waals surface area contributed by atoms with E-state index in [0.717, 1.165) is 16.8 Å². The Morgan fingerprint density at radius 1 is 1.05 bits per heavy atom. The first-order valence-corrected chi connectivity index (χ1v) is 23.8. The first-order chi connectivity index (χ1) is 30.4. The number of sulfone groups is 1. The summed E-state index contributed by atoms with van der Waals surface area (Å²) in [6.07, 6.45) is -5.71. The lowest BCUT2D eigenvalue weighted by atomic mass is 9.93. The quantitative estimate of drug-likeness (QED) is 0.0387. The van der Waals surface area contributed by atoms with Crippen LogP contribution in [0.3, 0.4) is 0 Å². The zero-order valence-electron chi connectivity index (χ0n) is 35.3. The lowest BCUT2D eigenvalue weighted by molar-refractivity contribution is -0.121. The summed E-state index contributed by atoms with van der Waals surface area (Å²) in [5, 5.41) is 16.6. The molecule has 11 nitrogen and oxygen atoms in total. The molecule has 3 aliphatic carbocycles. The number of alkyl halides is 6. The molecule has 2 saturated carbocycles. The number of halogens is 9. The van der Waals surface area contributed by atoms with Gasteiger partial charge in [-0.25, -0.2) is 34.8 Å². The van der Waals surface area contributed by atoms with E-state index < -0.39 is 128 Å². The van der Waals surface area contributed by atoms with Gasteiger partial charge in [-0.15, -0.1) is 5.10 Å². The molecular weight excluding hydrogens is 930 g/mol. The van der Waals surface area contributed by atoms with Gasteiger partial charge in [0.1, 0.15) is 28.6 Å². The van der Waals surface area contributed by atoms with Gasteiger partial charge in [0.15, 0.2) is 9.84 Å². The van der Waals surface area contributed by atoms with E-state index in [-0.39, 0.29) is 57.0 Å². The highest BCUT2D eigenvalue weighted by Gasteiger charge is 2.51. The minimum Gasteiger partial charge on any atom is -0.593 e. The first kappa shape index (κ1) is 48.5. The Labute approximate surface area is 377 Å². The van der Waals surface area contributed by atoms with Crippen molar-refractivity contribution in [2.24, 2.45) is 0 Å². The molecule has 65 heavy (non-hydrogen) atoms. The van der Waals surface area contributed by atoms with Gasteiger partial charge in [0.25, 0.3) is 18.8 Å². The number of nitrogens with zero attached hydrogens (tertiary/aromatic N) is 3. The van der Waals surface area contributed by atoms with Crippen molar-refractivity contribution in [1.82, 2.24) is 25.4 Å². The number of hydrogen-bond donors (Lipinski definition) is 4. The molecular formula is C43H46ClF8N7O4S2. The lowest BCUT2D eigenvalue weighted by Crippen LogP contribution is -2.40. The van der Waals surface area contributed by atoms with Crippen LogP contribution in [0.25, 0.3) is 22.0 Å². The second-order valence-corrected chi connectivity index (χ2v) is 22.5. The monoisotopic (exact) mass is 975 g/mol. The molecule has 2 fully saturated rings. The number of allylic oxidation sites excluding steroid dienone is 2. The Hall–Kier alpha value is -4.47. The second-order valence-electron chi connectivity index (χ2n) is 17.5. The predicted molar refractivity (Wildman–Crippen MR) is 232 cm³/mol. The van der Waals surface area contributed by atoms with Crippen LogP contribution in [0.15, 0.2) is 53.7 Å². The summed E-state index contributed by atoms with van der Waals surface area (Å²) < 4.78 is 157. The molecule has 4 N–H and O–H groups in total. The minimum absolute atomic E-state index is 0.0141. The standard InChI is InChI=1S/C43H46ClF8N7O4S2/c1-41(2,65(62,63)26-5-6-26)12-10-25-4-7-27(28-8-9-30(44)34-37(28)59(21-32(47)48)57-40(34)58-64(61)42(3)14-15-42)36(55-25)31(18-22-16-23(45)19-24(46)17-22)56-33(60)20-54-38-29(35(53)39(49)50)11-13-43(38,51)52/h4,7-9,16-17,19,26,31-32,39,53-54H,5-6,10-15,18,20-21H2,1-3H3,(H,56,60)(H,57,58)/t31-,64?/m0/s1. The number of aromatic nitrogens is 3. The molecule has 0 bridgehead atoms. The van der Waals surface area contributed by atoms with E-state index in [1.165, 1.54) is 18.2 Å². The van der Waals surface area contributed by atoms with E-state index in [2.05, 4.69) is 20.5 Å². The van der Waals surface area contributed by atoms with Crippen LogP contribution in [0, 0.1) is 17.0 Å². The average Bonchev–Trinajstić information content (AvgIpc) is 4.15. The van der Waals surface area contributed by atoms with Crippen LogP contribution in [0.4, 0.5) is 40.9 Å². The SMILES string of the molecule is CC1([S+]([O-])Nc2nn(CC(F)F)c3c(-c4ccc(CCC(C)(C)S(=O)(=O)C5CC5)nc4[C@H](Cc4cc(F)cc(F)c4)NC(=O)CNC4=C(C(=N)C(F)F)CCC4(F)F)ccc(Cl)c23)CC1. The molecule has 0 spiro atoms. The third-order valence-electron chi connectivity index (χ3n) is 12.1. The molecule has 1 unspecified atom stereocenters. The molecule has 2 aromatic carbocycles. The fraction of sp³-hybridized carbons (Fsp3) is 0.488. The van der Waals surface area contributed by atoms with Gasteiger partial charge in [-0.05, 0) is 89.1 Å². The van der Waals surface area contributed by atoms with Gasteiger partial charge in [-0.2, -0.15) is 13.5 Å². The largest absolute Gasteiger partial charge is 0.593 e. The van der Waals surface area contributed by atoms with E-state index >= 15 is 0 Å². The third kappa shape index (κ3) is 10.4. The van der Waals surface area contributed by atoms with Crippen LogP contribution in [-0.2, 0) is 45.4 Å². The molecule has 2 aromatic heterocycles. The normalized spacial score (nSPS) is 18.1.